The maximum atomic E-state index is 5.86. The minimum absolute atomic E-state index is 0.554. The molecule has 0 aromatic carbocycles. The maximum absolute atomic E-state index is 5.86. The van der Waals surface area contributed by atoms with Crippen molar-refractivity contribution in [2.45, 2.75) is 19.4 Å². The molecular formula is C13H15ClN6. The quantitative estimate of drug-likeness (QED) is 0.670. The predicted octanol–water partition coefficient (Wildman–Crippen LogP) is 1.58. The number of nitrogens with zero attached hydrogens (tertiary/aromatic N) is 6. The number of alkyl halides is 1. The van der Waals surface area contributed by atoms with E-state index in [9.17, 15) is 0 Å². The first-order chi connectivity index (χ1) is 9.78. The van der Waals surface area contributed by atoms with Gasteiger partial charge in [-0.05, 0) is 6.07 Å². The average molecular weight is 291 g/mol. The van der Waals surface area contributed by atoms with Crippen LogP contribution in [0.4, 0.5) is 0 Å². The van der Waals surface area contributed by atoms with Gasteiger partial charge in [0.25, 0.3) is 0 Å². The van der Waals surface area contributed by atoms with Gasteiger partial charge >= 0.3 is 0 Å². The van der Waals surface area contributed by atoms with Crippen molar-refractivity contribution in [3.8, 4) is 0 Å². The monoisotopic (exact) mass is 290 g/mol. The third kappa shape index (κ3) is 2.51. The highest BCUT2D eigenvalue weighted by atomic mass is 35.5. The van der Waals surface area contributed by atoms with Crippen LogP contribution in [-0.4, -0.2) is 35.2 Å². The van der Waals surface area contributed by atoms with Crippen molar-refractivity contribution < 1.29 is 0 Å². The summed E-state index contributed by atoms with van der Waals surface area (Å²) in [6, 6.07) is 1.98. The number of aryl methyl sites for hydroxylation is 4. The van der Waals surface area contributed by atoms with Crippen molar-refractivity contribution in [3.63, 3.8) is 0 Å². The minimum Gasteiger partial charge on any atom is -0.327 e. The number of halogens is 1. The Labute approximate surface area is 121 Å². The van der Waals surface area contributed by atoms with Crippen LogP contribution < -0.4 is 0 Å². The zero-order chi connectivity index (χ0) is 13.9. The van der Waals surface area contributed by atoms with E-state index in [1.807, 2.05) is 13.1 Å². The number of aromatic nitrogens is 6. The fraction of sp³-hybridized carbons (Fsp3) is 0.385. The molecule has 0 saturated carbocycles. The molecule has 7 heteroatoms. The third-order valence-electron chi connectivity index (χ3n) is 3.15. The summed E-state index contributed by atoms with van der Waals surface area (Å²) in [6.07, 6.45) is 6.79. The first kappa shape index (κ1) is 13.1. The Hall–Kier alpha value is -1.95. The van der Waals surface area contributed by atoms with Crippen LogP contribution in [0.1, 0.15) is 11.6 Å². The molecule has 0 radical (unpaired) electrons. The molecule has 0 aliphatic rings. The molecule has 104 valence electrons. The molecule has 20 heavy (non-hydrogen) atoms. The second-order valence-corrected chi connectivity index (χ2v) is 4.95. The first-order valence-electron chi connectivity index (χ1n) is 6.47. The molecule has 3 aromatic heterocycles. The number of rotatable bonds is 5. The summed E-state index contributed by atoms with van der Waals surface area (Å²) in [4.78, 5) is 13.0. The van der Waals surface area contributed by atoms with Crippen LogP contribution in [-0.2, 0) is 26.4 Å². The van der Waals surface area contributed by atoms with Gasteiger partial charge in [0.1, 0.15) is 17.7 Å². The van der Waals surface area contributed by atoms with Crippen molar-refractivity contribution in [3.05, 3.63) is 36.4 Å². The van der Waals surface area contributed by atoms with Crippen molar-refractivity contribution in [1.29, 1.82) is 0 Å². The van der Waals surface area contributed by atoms with Gasteiger partial charge in [0, 0.05) is 38.5 Å². The third-order valence-corrected chi connectivity index (χ3v) is 3.34. The molecule has 0 atom stereocenters. The van der Waals surface area contributed by atoms with E-state index >= 15 is 0 Å². The van der Waals surface area contributed by atoms with Crippen LogP contribution >= 0.6 is 11.6 Å². The lowest BCUT2D eigenvalue weighted by Crippen LogP contribution is -2.08. The second kappa shape index (κ2) is 5.58. The molecule has 0 unspecified atom stereocenters. The lowest BCUT2D eigenvalue weighted by atomic mass is 10.3. The van der Waals surface area contributed by atoms with Crippen molar-refractivity contribution in [2.75, 3.05) is 5.88 Å². The van der Waals surface area contributed by atoms with E-state index in [4.69, 9.17) is 11.6 Å². The number of fused-ring (bicyclic) bond motifs is 1. The standard InChI is InChI=1S/C13H15ClN6/c1-19-9-16-12(18-19)4-7-20-11-3-6-15-8-10(11)17-13(20)2-5-14/h3,6,8-9H,2,4-5,7H2,1H3. The molecule has 0 bridgehead atoms. The Balaban J connectivity index is 1.90. The molecular weight excluding hydrogens is 276 g/mol. The molecule has 0 aliphatic carbocycles. The predicted molar refractivity (Wildman–Crippen MR) is 76.7 cm³/mol. The highest BCUT2D eigenvalue weighted by Gasteiger charge is 2.11. The topological polar surface area (TPSA) is 61.4 Å². The molecule has 3 aromatic rings. The van der Waals surface area contributed by atoms with E-state index in [0.29, 0.717) is 5.88 Å². The summed E-state index contributed by atoms with van der Waals surface area (Å²) in [5, 5.41) is 4.30. The number of hydrogen-bond donors (Lipinski definition) is 0. The Morgan fingerprint density at radius 3 is 2.95 bits per heavy atom. The summed E-state index contributed by atoms with van der Waals surface area (Å²) >= 11 is 5.86. The van der Waals surface area contributed by atoms with Crippen LogP contribution in [0.5, 0.6) is 0 Å². The van der Waals surface area contributed by atoms with Gasteiger partial charge in [-0.1, -0.05) is 0 Å². The Kier molecular flexibility index (Phi) is 3.64. The second-order valence-electron chi connectivity index (χ2n) is 4.57. The summed E-state index contributed by atoms with van der Waals surface area (Å²) in [6.45, 7) is 0.788. The lowest BCUT2D eigenvalue weighted by molar-refractivity contribution is 0.646. The van der Waals surface area contributed by atoms with Gasteiger partial charge in [-0.2, -0.15) is 5.10 Å². The molecule has 0 fully saturated rings. The molecule has 0 saturated heterocycles. The highest BCUT2D eigenvalue weighted by molar-refractivity contribution is 6.17. The Morgan fingerprint density at radius 2 is 2.20 bits per heavy atom. The summed E-state index contributed by atoms with van der Waals surface area (Å²) in [7, 11) is 1.87. The largest absolute Gasteiger partial charge is 0.327 e. The van der Waals surface area contributed by atoms with Crippen LogP contribution in [0.3, 0.4) is 0 Å². The molecule has 3 heterocycles. The highest BCUT2D eigenvalue weighted by Crippen LogP contribution is 2.16. The van der Waals surface area contributed by atoms with Gasteiger partial charge in [0.15, 0.2) is 5.82 Å². The minimum atomic E-state index is 0.554. The zero-order valence-corrected chi connectivity index (χ0v) is 12.0. The van der Waals surface area contributed by atoms with E-state index < -0.39 is 0 Å². The number of hydrogen-bond acceptors (Lipinski definition) is 4. The van der Waals surface area contributed by atoms with Crippen molar-refractivity contribution >= 4 is 22.6 Å². The molecule has 0 N–H and O–H groups in total. The van der Waals surface area contributed by atoms with E-state index in [0.717, 1.165) is 42.1 Å². The summed E-state index contributed by atoms with van der Waals surface area (Å²) < 4.78 is 3.89. The Morgan fingerprint density at radius 1 is 1.30 bits per heavy atom. The van der Waals surface area contributed by atoms with Gasteiger partial charge in [0.05, 0.1) is 11.7 Å². The lowest BCUT2D eigenvalue weighted by Gasteiger charge is -2.06. The van der Waals surface area contributed by atoms with Crippen LogP contribution in [0.15, 0.2) is 24.8 Å². The Bertz CT molecular complexity index is 717. The SMILES string of the molecule is Cn1cnc(CCn2c(CCCl)nc3cnccc32)n1. The van der Waals surface area contributed by atoms with Gasteiger partial charge in [-0.15, -0.1) is 11.6 Å². The van der Waals surface area contributed by atoms with E-state index in [2.05, 4.69) is 24.6 Å². The van der Waals surface area contributed by atoms with Gasteiger partial charge in [-0.3, -0.25) is 9.67 Å². The molecule has 6 nitrogen and oxygen atoms in total. The zero-order valence-electron chi connectivity index (χ0n) is 11.2. The van der Waals surface area contributed by atoms with Gasteiger partial charge in [0.2, 0.25) is 0 Å². The van der Waals surface area contributed by atoms with Gasteiger partial charge in [-0.25, -0.2) is 9.97 Å². The molecule has 0 aliphatic heterocycles. The van der Waals surface area contributed by atoms with Crippen LogP contribution in [0.2, 0.25) is 0 Å². The number of pyridine rings is 1. The smallest absolute Gasteiger partial charge is 0.152 e. The van der Waals surface area contributed by atoms with Gasteiger partial charge < -0.3 is 4.57 Å². The fourth-order valence-corrected chi connectivity index (χ4v) is 2.44. The fourth-order valence-electron chi connectivity index (χ4n) is 2.27. The summed E-state index contributed by atoms with van der Waals surface area (Å²) in [5.41, 5.74) is 1.98. The van der Waals surface area contributed by atoms with Crippen molar-refractivity contribution in [1.82, 2.24) is 29.3 Å². The normalized spacial score (nSPS) is 11.3. The maximum Gasteiger partial charge on any atom is 0.152 e. The van der Waals surface area contributed by atoms with Crippen LogP contribution in [0.25, 0.3) is 11.0 Å². The first-order valence-corrected chi connectivity index (χ1v) is 7.01. The molecule has 0 amide bonds. The molecule has 3 rings (SSSR count). The molecule has 0 spiro atoms. The number of imidazole rings is 1. The van der Waals surface area contributed by atoms with E-state index in [1.165, 1.54) is 0 Å². The van der Waals surface area contributed by atoms with E-state index in [-0.39, 0.29) is 0 Å². The van der Waals surface area contributed by atoms with Crippen molar-refractivity contribution in [2.24, 2.45) is 7.05 Å². The average Bonchev–Trinajstić information content (AvgIpc) is 3.00. The summed E-state index contributed by atoms with van der Waals surface area (Å²) in [5.74, 6) is 2.37. The van der Waals surface area contributed by atoms with E-state index in [1.54, 1.807) is 23.4 Å². The van der Waals surface area contributed by atoms with Crippen LogP contribution in [0, 0.1) is 0 Å².